The smallest absolute Gasteiger partial charge is 0.162 e. The Hall–Kier alpha value is -1.40. The molecule has 0 saturated carbocycles. The highest BCUT2D eigenvalue weighted by molar-refractivity contribution is 7.85. The van der Waals surface area contributed by atoms with Crippen LogP contribution in [0.1, 0.15) is 17.0 Å². The molecule has 2 aromatic rings. The van der Waals surface area contributed by atoms with Gasteiger partial charge in [0.25, 0.3) is 0 Å². The molecule has 0 N–H and O–H groups in total. The summed E-state index contributed by atoms with van der Waals surface area (Å²) in [6.07, 6.45) is 1.66. The minimum atomic E-state index is -1.04. The molecule has 1 aliphatic heterocycles. The first-order valence-corrected chi connectivity index (χ1v) is 9.11. The van der Waals surface area contributed by atoms with E-state index < -0.39 is 10.8 Å². The van der Waals surface area contributed by atoms with E-state index in [1.165, 1.54) is 4.88 Å². The van der Waals surface area contributed by atoms with E-state index in [0.29, 0.717) is 24.7 Å². The van der Waals surface area contributed by atoms with E-state index in [4.69, 9.17) is 9.47 Å². The van der Waals surface area contributed by atoms with Crippen LogP contribution in [0.25, 0.3) is 0 Å². The molecular formula is C15H17NO3S2. The minimum Gasteiger partial charge on any atom is -0.490 e. The number of hydrogen-bond donors (Lipinski definition) is 0. The molecule has 2 heterocycles. The summed E-state index contributed by atoms with van der Waals surface area (Å²) in [5.74, 6) is 2.04. The Labute approximate surface area is 130 Å². The average Bonchev–Trinajstić information content (AvgIpc) is 2.76. The fourth-order valence-corrected chi connectivity index (χ4v) is 4.15. The van der Waals surface area contributed by atoms with Crippen LogP contribution >= 0.6 is 11.3 Å². The van der Waals surface area contributed by atoms with E-state index in [0.717, 1.165) is 29.2 Å². The highest BCUT2D eigenvalue weighted by Gasteiger charge is 2.14. The van der Waals surface area contributed by atoms with Crippen molar-refractivity contribution in [1.29, 1.82) is 0 Å². The Morgan fingerprint density at radius 1 is 1.29 bits per heavy atom. The lowest BCUT2D eigenvalue weighted by Crippen LogP contribution is -2.02. The topological polar surface area (TPSA) is 48.4 Å². The van der Waals surface area contributed by atoms with Crippen molar-refractivity contribution in [1.82, 2.24) is 4.98 Å². The van der Waals surface area contributed by atoms with Crippen molar-refractivity contribution in [2.45, 2.75) is 24.7 Å². The number of ether oxygens (including phenoxy) is 2. The molecule has 1 aliphatic rings. The lowest BCUT2D eigenvalue weighted by atomic mass is 10.3. The molecule has 1 aromatic heterocycles. The van der Waals surface area contributed by atoms with Gasteiger partial charge in [0.2, 0.25) is 0 Å². The number of thiazole rings is 1. The predicted molar refractivity (Wildman–Crippen MR) is 83.9 cm³/mol. The van der Waals surface area contributed by atoms with E-state index in [2.05, 4.69) is 4.98 Å². The van der Waals surface area contributed by atoms with Crippen molar-refractivity contribution in [3.63, 3.8) is 0 Å². The van der Waals surface area contributed by atoms with Gasteiger partial charge in [-0.15, -0.1) is 11.3 Å². The largest absolute Gasteiger partial charge is 0.490 e. The number of aromatic nitrogens is 1. The van der Waals surface area contributed by atoms with Gasteiger partial charge >= 0.3 is 0 Å². The van der Waals surface area contributed by atoms with Crippen LogP contribution in [0, 0.1) is 6.92 Å². The van der Waals surface area contributed by atoms with Crippen molar-refractivity contribution in [2.75, 3.05) is 19.0 Å². The van der Waals surface area contributed by atoms with E-state index in [1.54, 1.807) is 11.3 Å². The third kappa shape index (κ3) is 3.44. The van der Waals surface area contributed by atoms with E-state index in [-0.39, 0.29) is 0 Å². The molecule has 0 fully saturated rings. The summed E-state index contributed by atoms with van der Waals surface area (Å²) < 4.78 is 23.7. The van der Waals surface area contributed by atoms with Gasteiger partial charge < -0.3 is 9.47 Å². The van der Waals surface area contributed by atoms with E-state index >= 15 is 0 Å². The molecule has 0 spiro atoms. The zero-order valence-electron chi connectivity index (χ0n) is 11.8. The molecular weight excluding hydrogens is 306 g/mol. The van der Waals surface area contributed by atoms with Gasteiger partial charge in [-0.05, 0) is 25.5 Å². The SMILES string of the molecule is Cc1ncsc1CCS(=O)c1ccc2c(c1)OCCCO2. The van der Waals surface area contributed by atoms with Crippen LogP contribution in [0.15, 0.2) is 28.6 Å². The summed E-state index contributed by atoms with van der Waals surface area (Å²) in [5, 5.41) is 0. The van der Waals surface area contributed by atoms with Gasteiger partial charge in [-0.3, -0.25) is 4.21 Å². The van der Waals surface area contributed by atoms with Crippen LogP contribution in [0.3, 0.4) is 0 Å². The van der Waals surface area contributed by atoms with Crippen LogP contribution in [0.4, 0.5) is 0 Å². The number of benzene rings is 1. The van der Waals surface area contributed by atoms with Gasteiger partial charge in [-0.25, -0.2) is 4.98 Å². The molecule has 1 aromatic carbocycles. The van der Waals surface area contributed by atoms with E-state index in [9.17, 15) is 4.21 Å². The summed E-state index contributed by atoms with van der Waals surface area (Å²) in [5.41, 5.74) is 2.87. The Morgan fingerprint density at radius 2 is 2.10 bits per heavy atom. The Morgan fingerprint density at radius 3 is 2.86 bits per heavy atom. The molecule has 6 heteroatoms. The van der Waals surface area contributed by atoms with Crippen molar-refractivity contribution < 1.29 is 13.7 Å². The number of nitrogens with zero attached hydrogens (tertiary/aromatic N) is 1. The molecule has 0 saturated heterocycles. The summed E-state index contributed by atoms with van der Waals surface area (Å²) in [6.45, 7) is 3.30. The minimum absolute atomic E-state index is 0.600. The molecule has 4 nitrogen and oxygen atoms in total. The number of aryl methyl sites for hydroxylation is 2. The molecule has 1 atom stereocenters. The average molecular weight is 323 g/mol. The molecule has 0 amide bonds. The third-order valence-corrected chi connectivity index (χ3v) is 5.69. The van der Waals surface area contributed by atoms with Crippen molar-refractivity contribution >= 4 is 22.1 Å². The summed E-state index contributed by atoms with van der Waals surface area (Å²) in [7, 11) is -1.04. The van der Waals surface area contributed by atoms with Crippen molar-refractivity contribution in [2.24, 2.45) is 0 Å². The lowest BCUT2D eigenvalue weighted by molar-refractivity contribution is 0.297. The lowest BCUT2D eigenvalue weighted by Gasteiger charge is -2.09. The number of fused-ring (bicyclic) bond motifs is 1. The normalized spacial score (nSPS) is 15.5. The van der Waals surface area contributed by atoms with Gasteiger partial charge in [0, 0.05) is 28.0 Å². The standard InChI is InChI=1S/C15H17NO3S2/c1-11-15(20-10-16-11)5-8-21(17)12-3-4-13-14(9-12)19-7-2-6-18-13/h3-4,9-10H,2,5-8H2,1H3. The second kappa shape index (κ2) is 6.58. The maximum Gasteiger partial charge on any atom is 0.162 e. The second-order valence-corrected chi connectivity index (χ2v) is 7.33. The highest BCUT2D eigenvalue weighted by Crippen LogP contribution is 2.31. The summed E-state index contributed by atoms with van der Waals surface area (Å²) >= 11 is 1.62. The maximum absolute atomic E-state index is 12.4. The van der Waals surface area contributed by atoms with Crippen molar-refractivity contribution in [3.05, 3.63) is 34.3 Å². The first kappa shape index (κ1) is 14.5. The summed E-state index contributed by atoms with van der Waals surface area (Å²) in [4.78, 5) is 6.22. The Kier molecular flexibility index (Phi) is 4.55. The molecule has 1 unspecified atom stereocenters. The maximum atomic E-state index is 12.4. The van der Waals surface area contributed by atoms with Gasteiger partial charge in [0.1, 0.15) is 0 Å². The summed E-state index contributed by atoms with van der Waals surface area (Å²) in [6, 6.07) is 5.56. The first-order valence-electron chi connectivity index (χ1n) is 6.91. The van der Waals surface area contributed by atoms with Gasteiger partial charge in [-0.1, -0.05) is 0 Å². The number of hydrogen-bond acceptors (Lipinski definition) is 5. The van der Waals surface area contributed by atoms with Crippen LogP contribution in [0.5, 0.6) is 11.5 Å². The van der Waals surface area contributed by atoms with Gasteiger partial charge in [0.05, 0.1) is 35.2 Å². The van der Waals surface area contributed by atoms with Gasteiger partial charge in [-0.2, -0.15) is 0 Å². The second-order valence-electron chi connectivity index (χ2n) is 4.82. The van der Waals surface area contributed by atoms with Crippen LogP contribution in [-0.2, 0) is 17.2 Å². The predicted octanol–water partition coefficient (Wildman–Crippen LogP) is 2.96. The van der Waals surface area contributed by atoms with Crippen LogP contribution in [-0.4, -0.2) is 28.2 Å². The van der Waals surface area contributed by atoms with E-state index in [1.807, 2.05) is 30.6 Å². The van der Waals surface area contributed by atoms with Crippen LogP contribution < -0.4 is 9.47 Å². The Balaban J connectivity index is 1.70. The highest BCUT2D eigenvalue weighted by atomic mass is 32.2. The Bertz CT molecular complexity index is 654. The molecule has 0 bridgehead atoms. The number of rotatable bonds is 4. The zero-order valence-corrected chi connectivity index (χ0v) is 13.5. The first-order chi connectivity index (χ1) is 10.2. The molecule has 21 heavy (non-hydrogen) atoms. The fourth-order valence-electron chi connectivity index (χ4n) is 2.15. The molecule has 112 valence electrons. The monoisotopic (exact) mass is 323 g/mol. The quantitative estimate of drug-likeness (QED) is 0.868. The molecule has 0 aliphatic carbocycles. The molecule has 3 rings (SSSR count). The van der Waals surface area contributed by atoms with Crippen molar-refractivity contribution in [3.8, 4) is 11.5 Å². The third-order valence-electron chi connectivity index (χ3n) is 3.34. The fraction of sp³-hybridized carbons (Fsp3) is 0.400. The zero-order chi connectivity index (χ0) is 14.7. The van der Waals surface area contributed by atoms with Gasteiger partial charge in [0.15, 0.2) is 11.5 Å². The van der Waals surface area contributed by atoms with Crippen LogP contribution in [0.2, 0.25) is 0 Å². The molecule has 0 radical (unpaired) electrons.